The quantitative estimate of drug-likeness (QED) is 0.516. The summed E-state index contributed by atoms with van der Waals surface area (Å²) in [5.74, 6) is -23.7. The zero-order chi connectivity index (χ0) is 19.7. The molecule has 1 fully saturated rings. The van der Waals surface area contributed by atoms with Gasteiger partial charge in [-0.25, -0.2) is 4.79 Å². The van der Waals surface area contributed by atoms with Crippen molar-refractivity contribution in [3.63, 3.8) is 0 Å². The van der Waals surface area contributed by atoms with Crippen molar-refractivity contribution in [1.82, 2.24) is 4.90 Å². The van der Waals surface area contributed by atoms with Gasteiger partial charge in [-0.1, -0.05) is 0 Å². The Bertz CT molecular complexity index is 475. The van der Waals surface area contributed by atoms with Crippen LogP contribution in [0.15, 0.2) is 0 Å². The Morgan fingerprint density at radius 1 is 1.00 bits per heavy atom. The summed E-state index contributed by atoms with van der Waals surface area (Å²) in [5, 5.41) is 0. The fourth-order valence-electron chi connectivity index (χ4n) is 1.94. The molecule has 0 radical (unpaired) electrons. The lowest BCUT2D eigenvalue weighted by molar-refractivity contribution is -0.391. The molecular formula is C12H14F9NO3. The molecule has 0 saturated carbocycles. The first-order valence-electron chi connectivity index (χ1n) is 6.86. The van der Waals surface area contributed by atoms with Crippen LogP contribution in [0.4, 0.5) is 39.5 Å². The van der Waals surface area contributed by atoms with E-state index in [0.717, 1.165) is 6.92 Å². The third-order valence-corrected chi connectivity index (χ3v) is 3.33. The topological polar surface area (TPSA) is 38.8 Å². The molecule has 0 aromatic rings. The van der Waals surface area contributed by atoms with Gasteiger partial charge in [-0.3, -0.25) is 4.90 Å². The molecule has 13 heteroatoms. The fourth-order valence-corrected chi connectivity index (χ4v) is 1.94. The van der Waals surface area contributed by atoms with E-state index in [2.05, 4.69) is 4.74 Å². The Hall–Kier alpha value is -1.24. The van der Waals surface area contributed by atoms with Gasteiger partial charge in [-0.2, -0.15) is 39.5 Å². The molecule has 1 atom stereocenters. The third kappa shape index (κ3) is 4.30. The lowest BCUT2D eigenvalue weighted by Crippen LogP contribution is -2.64. The molecule has 0 aromatic heterocycles. The van der Waals surface area contributed by atoms with Crippen LogP contribution >= 0.6 is 0 Å². The van der Waals surface area contributed by atoms with Crippen LogP contribution in [0.5, 0.6) is 0 Å². The van der Waals surface area contributed by atoms with Gasteiger partial charge in [0.2, 0.25) is 0 Å². The minimum Gasteiger partial charge on any atom is -0.457 e. The number of ether oxygens (including phenoxy) is 2. The van der Waals surface area contributed by atoms with E-state index in [1.807, 2.05) is 0 Å². The summed E-state index contributed by atoms with van der Waals surface area (Å²) in [6, 6.07) is 0. The minimum absolute atomic E-state index is 0.216. The summed E-state index contributed by atoms with van der Waals surface area (Å²) in [4.78, 5) is 12.7. The number of hydrogen-bond acceptors (Lipinski definition) is 4. The van der Waals surface area contributed by atoms with Gasteiger partial charge in [0.05, 0.1) is 13.2 Å². The van der Waals surface area contributed by atoms with Gasteiger partial charge in [0.25, 0.3) is 0 Å². The van der Waals surface area contributed by atoms with Crippen molar-refractivity contribution in [2.45, 2.75) is 37.0 Å². The SMILES string of the molecule is CC(CN1CCOCC1)OC(=O)C(F)(F)C(F)(F)C(F)(F)C(F)(F)F. The number of carbonyl (C=O) groups is 1. The predicted octanol–water partition coefficient (Wildman–Crippen LogP) is 2.72. The van der Waals surface area contributed by atoms with Gasteiger partial charge in [0, 0.05) is 19.6 Å². The Labute approximate surface area is 135 Å². The molecule has 1 unspecified atom stereocenters. The molecule has 25 heavy (non-hydrogen) atoms. The molecule has 1 heterocycles. The van der Waals surface area contributed by atoms with Crippen LogP contribution in [0.3, 0.4) is 0 Å². The highest BCUT2D eigenvalue weighted by Gasteiger charge is 2.84. The number of carbonyl (C=O) groups excluding carboxylic acids is 1. The molecule has 0 aliphatic carbocycles. The van der Waals surface area contributed by atoms with Gasteiger partial charge in [0.1, 0.15) is 6.10 Å². The third-order valence-electron chi connectivity index (χ3n) is 3.33. The van der Waals surface area contributed by atoms with E-state index in [0.29, 0.717) is 13.1 Å². The van der Waals surface area contributed by atoms with Crippen molar-refractivity contribution < 1.29 is 53.8 Å². The highest BCUT2D eigenvalue weighted by atomic mass is 19.4. The first kappa shape index (κ1) is 21.8. The molecule has 0 aromatic carbocycles. The van der Waals surface area contributed by atoms with E-state index in [1.54, 1.807) is 4.90 Å². The average molecular weight is 391 g/mol. The van der Waals surface area contributed by atoms with Crippen LogP contribution in [0.2, 0.25) is 0 Å². The van der Waals surface area contributed by atoms with Crippen LogP contribution in [0, 0.1) is 0 Å². The molecule has 0 bridgehead atoms. The lowest BCUT2D eigenvalue weighted by atomic mass is 10.0. The first-order chi connectivity index (χ1) is 11.1. The molecule has 1 aliphatic rings. The molecule has 0 amide bonds. The second kappa shape index (κ2) is 7.17. The molecule has 4 nitrogen and oxygen atoms in total. The van der Waals surface area contributed by atoms with E-state index in [1.165, 1.54) is 0 Å². The van der Waals surface area contributed by atoms with Crippen molar-refractivity contribution in [1.29, 1.82) is 0 Å². The first-order valence-corrected chi connectivity index (χ1v) is 6.86. The lowest BCUT2D eigenvalue weighted by Gasteiger charge is -2.33. The molecule has 0 spiro atoms. The van der Waals surface area contributed by atoms with Crippen LogP contribution in [-0.4, -0.2) is 73.8 Å². The highest BCUT2D eigenvalue weighted by molar-refractivity contribution is 5.79. The Kier molecular flexibility index (Phi) is 6.26. The number of esters is 1. The van der Waals surface area contributed by atoms with E-state index in [-0.39, 0.29) is 19.8 Å². The van der Waals surface area contributed by atoms with Gasteiger partial charge in [0.15, 0.2) is 0 Å². The standard InChI is InChI=1S/C12H14F9NO3/c1-7(6-22-2-4-24-5-3-22)25-8(23)9(13,14)10(15,16)11(17,18)12(19,20)21/h7H,2-6H2,1H3. The average Bonchev–Trinajstić information content (AvgIpc) is 2.46. The molecule has 1 aliphatic heterocycles. The molecular weight excluding hydrogens is 377 g/mol. The highest BCUT2D eigenvalue weighted by Crippen LogP contribution is 2.53. The number of halogens is 9. The number of hydrogen-bond donors (Lipinski definition) is 0. The van der Waals surface area contributed by atoms with Crippen molar-refractivity contribution in [2.24, 2.45) is 0 Å². The van der Waals surface area contributed by atoms with Crippen LogP contribution in [-0.2, 0) is 14.3 Å². The number of morpholine rings is 1. The Balaban J connectivity index is 2.83. The summed E-state index contributed by atoms with van der Waals surface area (Å²) in [7, 11) is 0. The maximum absolute atomic E-state index is 13.3. The van der Waals surface area contributed by atoms with E-state index < -0.39 is 36.0 Å². The molecule has 148 valence electrons. The summed E-state index contributed by atoms with van der Waals surface area (Å²) in [6.45, 7) is 1.94. The Morgan fingerprint density at radius 3 is 1.92 bits per heavy atom. The molecule has 1 saturated heterocycles. The van der Waals surface area contributed by atoms with E-state index in [4.69, 9.17) is 4.74 Å². The van der Waals surface area contributed by atoms with Gasteiger partial charge in [-0.15, -0.1) is 0 Å². The number of rotatable bonds is 6. The smallest absolute Gasteiger partial charge is 0.457 e. The van der Waals surface area contributed by atoms with Gasteiger partial charge < -0.3 is 9.47 Å². The molecule has 0 N–H and O–H groups in total. The second-order valence-corrected chi connectivity index (χ2v) is 5.35. The molecule has 1 rings (SSSR count). The maximum Gasteiger partial charge on any atom is 0.460 e. The zero-order valence-electron chi connectivity index (χ0n) is 12.7. The monoisotopic (exact) mass is 391 g/mol. The summed E-state index contributed by atoms with van der Waals surface area (Å²) in [5.41, 5.74) is 0. The van der Waals surface area contributed by atoms with Gasteiger partial charge >= 0.3 is 29.9 Å². The zero-order valence-corrected chi connectivity index (χ0v) is 12.7. The van der Waals surface area contributed by atoms with Crippen LogP contribution in [0.1, 0.15) is 6.92 Å². The van der Waals surface area contributed by atoms with Crippen molar-refractivity contribution in [3.8, 4) is 0 Å². The largest absolute Gasteiger partial charge is 0.460 e. The van der Waals surface area contributed by atoms with Crippen molar-refractivity contribution in [3.05, 3.63) is 0 Å². The number of alkyl halides is 9. The maximum atomic E-state index is 13.3. The minimum atomic E-state index is -7.13. The van der Waals surface area contributed by atoms with Crippen LogP contribution < -0.4 is 0 Å². The van der Waals surface area contributed by atoms with Gasteiger partial charge in [-0.05, 0) is 6.92 Å². The second-order valence-electron chi connectivity index (χ2n) is 5.35. The van der Waals surface area contributed by atoms with E-state index in [9.17, 15) is 44.3 Å². The summed E-state index contributed by atoms with van der Waals surface area (Å²) < 4.78 is 123. The summed E-state index contributed by atoms with van der Waals surface area (Å²) in [6.07, 6.45) is -8.44. The Morgan fingerprint density at radius 2 is 1.48 bits per heavy atom. The normalized spacial score (nSPS) is 19.6. The van der Waals surface area contributed by atoms with E-state index >= 15 is 0 Å². The van der Waals surface area contributed by atoms with Crippen molar-refractivity contribution in [2.75, 3.05) is 32.8 Å². The number of nitrogens with zero attached hydrogens (tertiary/aromatic N) is 1. The predicted molar refractivity (Wildman–Crippen MR) is 63.7 cm³/mol. The van der Waals surface area contributed by atoms with Crippen LogP contribution in [0.25, 0.3) is 0 Å². The van der Waals surface area contributed by atoms with Crippen molar-refractivity contribution >= 4 is 5.97 Å². The summed E-state index contributed by atoms with van der Waals surface area (Å²) >= 11 is 0. The fraction of sp³-hybridized carbons (Fsp3) is 0.917.